The Hall–Kier alpha value is -2.02. The molecule has 1 saturated heterocycles. The van der Waals surface area contributed by atoms with E-state index in [1.165, 1.54) is 12.1 Å². The van der Waals surface area contributed by atoms with Crippen molar-refractivity contribution in [3.8, 4) is 5.75 Å². The molecule has 1 aromatic heterocycles. The van der Waals surface area contributed by atoms with Gasteiger partial charge in [-0.15, -0.1) is 0 Å². The van der Waals surface area contributed by atoms with Crippen LogP contribution in [0.25, 0.3) is 0 Å². The number of benzene rings is 1. The molecule has 0 radical (unpaired) electrons. The van der Waals surface area contributed by atoms with Gasteiger partial charge in [0.15, 0.2) is 0 Å². The molecular formula is C17H21FN4OS. The summed E-state index contributed by atoms with van der Waals surface area (Å²) in [4.78, 5) is 10.9. The van der Waals surface area contributed by atoms with Gasteiger partial charge in [0.1, 0.15) is 29.5 Å². The number of ether oxygens (including phenoxy) is 1. The topological polar surface area (TPSA) is 50.3 Å². The molecule has 0 unspecified atom stereocenters. The van der Waals surface area contributed by atoms with E-state index < -0.39 is 0 Å². The largest absolute Gasteiger partial charge is 0.494 e. The van der Waals surface area contributed by atoms with Crippen molar-refractivity contribution in [2.45, 2.75) is 6.42 Å². The fourth-order valence-corrected chi connectivity index (χ4v) is 3.32. The van der Waals surface area contributed by atoms with E-state index in [4.69, 9.17) is 4.74 Å². The van der Waals surface area contributed by atoms with Crippen LogP contribution in [0, 0.1) is 5.82 Å². The maximum absolute atomic E-state index is 12.8. The average Bonchev–Trinajstić information content (AvgIpc) is 2.64. The predicted octanol–water partition coefficient (Wildman–Crippen LogP) is 3.05. The lowest BCUT2D eigenvalue weighted by atomic mass is 10.3. The molecule has 3 rings (SSSR count). The number of anilines is 2. The highest BCUT2D eigenvalue weighted by Crippen LogP contribution is 2.18. The Morgan fingerprint density at radius 3 is 2.75 bits per heavy atom. The van der Waals surface area contributed by atoms with Crippen molar-refractivity contribution in [1.29, 1.82) is 0 Å². The Morgan fingerprint density at radius 2 is 1.96 bits per heavy atom. The van der Waals surface area contributed by atoms with Crippen LogP contribution in [0.4, 0.5) is 16.0 Å². The Balaban J connectivity index is 1.40. The van der Waals surface area contributed by atoms with E-state index in [2.05, 4.69) is 20.2 Å². The van der Waals surface area contributed by atoms with Gasteiger partial charge in [0.05, 0.1) is 6.61 Å². The van der Waals surface area contributed by atoms with Crippen LogP contribution in [-0.4, -0.2) is 47.7 Å². The molecule has 2 aromatic rings. The highest BCUT2D eigenvalue weighted by Gasteiger charge is 2.12. The molecule has 1 aliphatic heterocycles. The van der Waals surface area contributed by atoms with Crippen LogP contribution in [0.1, 0.15) is 6.42 Å². The second kappa shape index (κ2) is 8.73. The van der Waals surface area contributed by atoms with Crippen LogP contribution < -0.4 is 15.0 Å². The van der Waals surface area contributed by atoms with Gasteiger partial charge in [-0.3, -0.25) is 0 Å². The number of thioether (sulfide) groups is 1. The molecule has 2 heterocycles. The van der Waals surface area contributed by atoms with Gasteiger partial charge in [0.25, 0.3) is 0 Å². The van der Waals surface area contributed by atoms with E-state index in [9.17, 15) is 4.39 Å². The quantitative estimate of drug-likeness (QED) is 0.776. The van der Waals surface area contributed by atoms with Gasteiger partial charge >= 0.3 is 0 Å². The molecule has 0 amide bonds. The molecule has 128 valence electrons. The first kappa shape index (κ1) is 16.8. The van der Waals surface area contributed by atoms with Gasteiger partial charge in [-0.25, -0.2) is 14.4 Å². The summed E-state index contributed by atoms with van der Waals surface area (Å²) in [7, 11) is 0. The standard InChI is InChI=1S/C17H21FN4OS/c18-14-2-4-15(5-3-14)23-9-1-6-19-16-12-17(21-13-20-16)22-7-10-24-11-8-22/h2-5,12-13H,1,6-11H2,(H,19,20,21). The summed E-state index contributed by atoms with van der Waals surface area (Å²) in [5.41, 5.74) is 0. The van der Waals surface area contributed by atoms with E-state index in [-0.39, 0.29) is 5.82 Å². The Kier molecular flexibility index (Phi) is 6.12. The van der Waals surface area contributed by atoms with Crippen LogP contribution in [0.2, 0.25) is 0 Å². The minimum absolute atomic E-state index is 0.254. The molecule has 7 heteroatoms. The molecular weight excluding hydrogens is 327 g/mol. The van der Waals surface area contributed by atoms with Crippen molar-refractivity contribution >= 4 is 23.4 Å². The summed E-state index contributed by atoms with van der Waals surface area (Å²) in [6, 6.07) is 8.06. The summed E-state index contributed by atoms with van der Waals surface area (Å²) in [6.07, 6.45) is 2.44. The molecule has 0 bridgehead atoms. The zero-order chi connectivity index (χ0) is 16.6. The highest BCUT2D eigenvalue weighted by molar-refractivity contribution is 7.99. The van der Waals surface area contributed by atoms with E-state index >= 15 is 0 Å². The number of aromatic nitrogens is 2. The number of halogens is 1. The van der Waals surface area contributed by atoms with Gasteiger partial charge in [-0.1, -0.05) is 0 Å². The van der Waals surface area contributed by atoms with Crippen LogP contribution in [0.15, 0.2) is 36.7 Å². The van der Waals surface area contributed by atoms with Gasteiger partial charge in [-0.05, 0) is 30.7 Å². The first-order chi connectivity index (χ1) is 11.8. The number of rotatable bonds is 7. The smallest absolute Gasteiger partial charge is 0.134 e. The average molecular weight is 348 g/mol. The monoisotopic (exact) mass is 348 g/mol. The minimum Gasteiger partial charge on any atom is -0.494 e. The first-order valence-corrected chi connectivity index (χ1v) is 9.24. The SMILES string of the molecule is Fc1ccc(OCCCNc2cc(N3CCSCC3)ncn2)cc1. The molecule has 1 fully saturated rings. The van der Waals surface area contributed by atoms with Crippen LogP contribution in [0.5, 0.6) is 5.75 Å². The third kappa shape index (κ3) is 4.99. The molecule has 5 nitrogen and oxygen atoms in total. The molecule has 1 N–H and O–H groups in total. The van der Waals surface area contributed by atoms with Gasteiger partial charge in [-0.2, -0.15) is 11.8 Å². The van der Waals surface area contributed by atoms with Gasteiger partial charge < -0.3 is 15.0 Å². The van der Waals surface area contributed by atoms with Crippen molar-refractivity contribution in [3.63, 3.8) is 0 Å². The summed E-state index contributed by atoms with van der Waals surface area (Å²) >= 11 is 1.98. The van der Waals surface area contributed by atoms with Crippen molar-refractivity contribution < 1.29 is 9.13 Å². The van der Waals surface area contributed by atoms with Gasteiger partial charge in [0, 0.05) is 37.2 Å². The first-order valence-electron chi connectivity index (χ1n) is 8.08. The van der Waals surface area contributed by atoms with E-state index in [0.717, 1.165) is 49.2 Å². The van der Waals surface area contributed by atoms with Crippen LogP contribution >= 0.6 is 11.8 Å². The van der Waals surface area contributed by atoms with Gasteiger partial charge in [0.2, 0.25) is 0 Å². The molecule has 1 aliphatic rings. The zero-order valence-electron chi connectivity index (χ0n) is 13.4. The second-order valence-electron chi connectivity index (χ2n) is 5.44. The van der Waals surface area contributed by atoms with Crippen LogP contribution in [-0.2, 0) is 0 Å². The van der Waals surface area contributed by atoms with Crippen LogP contribution in [0.3, 0.4) is 0 Å². The molecule has 1 aromatic carbocycles. The summed E-state index contributed by atoms with van der Waals surface area (Å²) in [5, 5.41) is 3.30. The summed E-state index contributed by atoms with van der Waals surface area (Å²) < 4.78 is 18.4. The summed E-state index contributed by atoms with van der Waals surface area (Å²) in [6.45, 7) is 3.40. The molecule has 0 atom stereocenters. The molecule has 24 heavy (non-hydrogen) atoms. The lowest BCUT2D eigenvalue weighted by molar-refractivity contribution is 0.314. The fourth-order valence-electron chi connectivity index (χ4n) is 2.42. The molecule has 0 spiro atoms. The summed E-state index contributed by atoms with van der Waals surface area (Å²) in [5.74, 6) is 4.54. The number of hydrogen-bond acceptors (Lipinski definition) is 6. The maximum Gasteiger partial charge on any atom is 0.134 e. The lowest BCUT2D eigenvalue weighted by Crippen LogP contribution is -2.33. The minimum atomic E-state index is -0.254. The van der Waals surface area contributed by atoms with E-state index in [0.29, 0.717) is 12.4 Å². The maximum atomic E-state index is 12.8. The fraction of sp³-hybridized carbons (Fsp3) is 0.412. The number of nitrogens with zero attached hydrogens (tertiary/aromatic N) is 3. The van der Waals surface area contributed by atoms with Crippen molar-refractivity contribution in [1.82, 2.24) is 9.97 Å². The third-order valence-corrected chi connectivity index (χ3v) is 4.64. The normalized spacial score (nSPS) is 14.5. The Labute approximate surface area is 145 Å². The second-order valence-corrected chi connectivity index (χ2v) is 6.67. The third-order valence-electron chi connectivity index (χ3n) is 3.70. The van der Waals surface area contributed by atoms with Crippen molar-refractivity contribution in [2.24, 2.45) is 0 Å². The Morgan fingerprint density at radius 1 is 1.17 bits per heavy atom. The molecule has 0 saturated carbocycles. The van der Waals surface area contributed by atoms with Crippen molar-refractivity contribution in [3.05, 3.63) is 42.5 Å². The van der Waals surface area contributed by atoms with E-state index in [1.807, 2.05) is 17.8 Å². The number of hydrogen-bond donors (Lipinski definition) is 1. The Bertz CT molecular complexity index is 635. The number of nitrogens with one attached hydrogen (secondary N) is 1. The predicted molar refractivity (Wildman–Crippen MR) is 96.6 cm³/mol. The molecule has 0 aliphatic carbocycles. The zero-order valence-corrected chi connectivity index (χ0v) is 14.3. The lowest BCUT2D eigenvalue weighted by Gasteiger charge is -2.27. The highest BCUT2D eigenvalue weighted by atomic mass is 32.2. The van der Waals surface area contributed by atoms with Crippen molar-refractivity contribution in [2.75, 3.05) is 48.0 Å². The van der Waals surface area contributed by atoms with E-state index in [1.54, 1.807) is 18.5 Å².